The van der Waals surface area contributed by atoms with E-state index in [4.69, 9.17) is 15.6 Å². The molecule has 0 bridgehead atoms. The minimum atomic E-state index is -5.08. The van der Waals surface area contributed by atoms with Crippen molar-refractivity contribution in [3.63, 3.8) is 0 Å². The molecule has 0 aromatic rings. The number of hydrogen-bond donors (Lipinski definition) is 2. The summed E-state index contributed by atoms with van der Waals surface area (Å²) < 4.78 is 70.0. The number of carbonyl (C=O) groups is 3. The fourth-order valence-corrected chi connectivity index (χ4v) is 2.48. The van der Waals surface area contributed by atoms with Crippen molar-refractivity contribution in [1.82, 2.24) is 4.90 Å². The number of likely N-dealkylation sites (tertiary alicyclic amines) is 1. The summed E-state index contributed by atoms with van der Waals surface area (Å²) >= 11 is 0. The van der Waals surface area contributed by atoms with E-state index in [1.165, 1.54) is 4.90 Å². The molecule has 0 aromatic carbocycles. The number of carboxylic acid groups (broad SMARTS) is 1. The fourth-order valence-electron chi connectivity index (χ4n) is 2.48. The molecule has 0 spiro atoms. The molecule has 0 saturated carbocycles. The molecular weight excluding hydrogens is 362 g/mol. The SMILES string of the molecule is CC(=O)C(C(C)C(F)(F)F)N1CCCC1C(N)=O.O=C(O)C(F)(F)F. The molecule has 0 aromatic heterocycles. The molecule has 6 nitrogen and oxygen atoms in total. The summed E-state index contributed by atoms with van der Waals surface area (Å²) in [6, 6.07) is -2.10. The van der Waals surface area contributed by atoms with Crippen molar-refractivity contribution in [2.75, 3.05) is 6.54 Å². The molecule has 1 aliphatic rings. The Balaban J connectivity index is 0.000000697. The minimum absolute atomic E-state index is 0.290. The first kappa shape index (κ1) is 23.1. The number of nitrogens with two attached hydrogens (primary N) is 1. The third-order valence-electron chi connectivity index (χ3n) is 3.63. The Hall–Kier alpha value is -1.85. The van der Waals surface area contributed by atoms with Crippen LogP contribution in [0.5, 0.6) is 0 Å². The molecular formula is C13H18F6N2O4. The number of Topliss-reactive ketones (excluding diaryl/α,β-unsaturated/α-hetero) is 1. The highest BCUT2D eigenvalue weighted by Gasteiger charge is 2.48. The molecule has 0 radical (unpaired) electrons. The van der Waals surface area contributed by atoms with Gasteiger partial charge >= 0.3 is 18.3 Å². The maximum Gasteiger partial charge on any atom is 0.490 e. The lowest BCUT2D eigenvalue weighted by Crippen LogP contribution is -2.54. The molecule has 1 heterocycles. The van der Waals surface area contributed by atoms with Crippen molar-refractivity contribution < 1.29 is 45.8 Å². The van der Waals surface area contributed by atoms with Crippen LogP contribution in [0.2, 0.25) is 0 Å². The predicted molar refractivity (Wildman–Crippen MR) is 72.3 cm³/mol. The molecule has 0 aliphatic carbocycles. The van der Waals surface area contributed by atoms with E-state index in [0.29, 0.717) is 12.8 Å². The second-order valence-electron chi connectivity index (χ2n) is 5.49. The van der Waals surface area contributed by atoms with Crippen LogP contribution >= 0.6 is 0 Å². The first-order valence-corrected chi connectivity index (χ1v) is 7.03. The van der Waals surface area contributed by atoms with Gasteiger partial charge in [0.25, 0.3) is 0 Å². The van der Waals surface area contributed by atoms with Gasteiger partial charge in [-0.2, -0.15) is 26.3 Å². The number of primary amides is 1. The van der Waals surface area contributed by atoms with E-state index < -0.39 is 48.0 Å². The molecule has 1 fully saturated rings. The van der Waals surface area contributed by atoms with Gasteiger partial charge in [0.2, 0.25) is 5.91 Å². The Morgan fingerprint density at radius 1 is 1.16 bits per heavy atom. The molecule has 1 aliphatic heterocycles. The second-order valence-corrected chi connectivity index (χ2v) is 5.49. The monoisotopic (exact) mass is 380 g/mol. The third-order valence-corrected chi connectivity index (χ3v) is 3.63. The molecule has 25 heavy (non-hydrogen) atoms. The number of carboxylic acids is 1. The zero-order valence-corrected chi connectivity index (χ0v) is 13.3. The maximum atomic E-state index is 12.7. The van der Waals surface area contributed by atoms with Gasteiger partial charge in [-0.25, -0.2) is 4.79 Å². The highest BCUT2D eigenvalue weighted by atomic mass is 19.4. The number of amides is 1. The Morgan fingerprint density at radius 2 is 1.60 bits per heavy atom. The number of hydrogen-bond acceptors (Lipinski definition) is 4. The second kappa shape index (κ2) is 8.50. The summed E-state index contributed by atoms with van der Waals surface area (Å²) in [5.41, 5.74) is 5.16. The lowest BCUT2D eigenvalue weighted by molar-refractivity contribution is -0.192. The average Bonchev–Trinajstić information content (AvgIpc) is 2.86. The average molecular weight is 380 g/mol. The molecule has 12 heteroatoms. The number of ketones is 1. The molecule has 3 unspecified atom stereocenters. The van der Waals surface area contributed by atoms with Gasteiger partial charge in [0.1, 0.15) is 5.78 Å². The van der Waals surface area contributed by atoms with E-state index in [-0.39, 0.29) is 6.54 Å². The van der Waals surface area contributed by atoms with E-state index in [9.17, 15) is 35.9 Å². The summed E-state index contributed by atoms with van der Waals surface area (Å²) in [5, 5.41) is 7.12. The zero-order chi connectivity index (χ0) is 20.2. The van der Waals surface area contributed by atoms with Gasteiger partial charge in [-0.3, -0.25) is 14.5 Å². The maximum absolute atomic E-state index is 12.7. The van der Waals surface area contributed by atoms with Crippen LogP contribution in [-0.2, 0) is 14.4 Å². The van der Waals surface area contributed by atoms with Crippen molar-refractivity contribution in [2.45, 2.75) is 51.1 Å². The van der Waals surface area contributed by atoms with Gasteiger partial charge in [0.05, 0.1) is 18.0 Å². The van der Waals surface area contributed by atoms with E-state index in [2.05, 4.69) is 0 Å². The van der Waals surface area contributed by atoms with Crippen LogP contribution in [0.4, 0.5) is 26.3 Å². The smallest absolute Gasteiger partial charge is 0.475 e. The largest absolute Gasteiger partial charge is 0.490 e. The zero-order valence-electron chi connectivity index (χ0n) is 13.3. The number of halogens is 6. The van der Waals surface area contributed by atoms with Crippen LogP contribution in [-0.4, -0.2) is 58.6 Å². The van der Waals surface area contributed by atoms with Crippen LogP contribution in [0.3, 0.4) is 0 Å². The van der Waals surface area contributed by atoms with Crippen LogP contribution in [0.1, 0.15) is 26.7 Å². The lowest BCUT2D eigenvalue weighted by atomic mass is 9.95. The summed E-state index contributed by atoms with van der Waals surface area (Å²) in [6.07, 6.45) is -8.58. The van der Waals surface area contributed by atoms with Gasteiger partial charge in [0, 0.05) is 0 Å². The Bertz CT molecular complexity index is 506. The third kappa shape index (κ3) is 6.88. The van der Waals surface area contributed by atoms with E-state index in [0.717, 1.165) is 13.8 Å². The summed E-state index contributed by atoms with van der Waals surface area (Å²) in [7, 11) is 0. The highest BCUT2D eigenvalue weighted by molar-refractivity contribution is 5.85. The summed E-state index contributed by atoms with van der Waals surface area (Å²) in [6.45, 7) is 2.37. The quantitative estimate of drug-likeness (QED) is 0.724. The lowest BCUT2D eigenvalue weighted by Gasteiger charge is -2.34. The minimum Gasteiger partial charge on any atom is -0.475 e. The topological polar surface area (TPSA) is 101 Å². The number of nitrogens with zero attached hydrogens (tertiary/aromatic N) is 1. The number of carbonyl (C=O) groups excluding carboxylic acids is 2. The molecule has 1 amide bonds. The summed E-state index contributed by atoms with van der Waals surface area (Å²) in [5.74, 6) is -5.83. The van der Waals surface area contributed by atoms with Crippen LogP contribution in [0, 0.1) is 5.92 Å². The molecule has 1 rings (SSSR count). The van der Waals surface area contributed by atoms with Gasteiger partial charge in [0.15, 0.2) is 0 Å². The van der Waals surface area contributed by atoms with Crippen LogP contribution in [0.25, 0.3) is 0 Å². The van der Waals surface area contributed by atoms with Crippen molar-refractivity contribution in [3.8, 4) is 0 Å². The first-order chi connectivity index (χ1) is 11.1. The Morgan fingerprint density at radius 3 is 1.88 bits per heavy atom. The van der Waals surface area contributed by atoms with Crippen molar-refractivity contribution in [2.24, 2.45) is 11.7 Å². The van der Waals surface area contributed by atoms with E-state index in [1.54, 1.807) is 0 Å². The molecule has 1 saturated heterocycles. The van der Waals surface area contributed by atoms with E-state index >= 15 is 0 Å². The number of rotatable bonds is 4. The number of alkyl halides is 6. The number of aliphatic carboxylic acids is 1. The van der Waals surface area contributed by atoms with Gasteiger partial charge < -0.3 is 10.8 Å². The van der Waals surface area contributed by atoms with Crippen molar-refractivity contribution in [3.05, 3.63) is 0 Å². The normalized spacial score (nSPS) is 21.0. The Labute approximate surface area is 138 Å². The standard InChI is InChI=1S/C11H17F3N2O2.C2HF3O2/c1-6(11(12,13)14)9(7(2)17)16-5-3-4-8(16)10(15)18;3-2(4,5)1(6)7/h6,8-9H,3-5H2,1-2H3,(H2,15,18);(H,6,7). The van der Waals surface area contributed by atoms with Gasteiger partial charge in [-0.15, -0.1) is 0 Å². The molecule has 3 N–H and O–H groups in total. The predicted octanol–water partition coefficient (Wildman–Crippen LogP) is 1.73. The molecule has 146 valence electrons. The Kier molecular flexibility index (Phi) is 7.87. The first-order valence-electron chi connectivity index (χ1n) is 7.03. The van der Waals surface area contributed by atoms with Gasteiger partial charge in [-0.05, 0) is 26.3 Å². The van der Waals surface area contributed by atoms with Crippen LogP contribution in [0.15, 0.2) is 0 Å². The van der Waals surface area contributed by atoms with E-state index in [1.807, 2.05) is 0 Å². The van der Waals surface area contributed by atoms with Crippen LogP contribution < -0.4 is 5.73 Å². The summed E-state index contributed by atoms with van der Waals surface area (Å²) in [4.78, 5) is 32.9. The van der Waals surface area contributed by atoms with Crippen molar-refractivity contribution in [1.29, 1.82) is 0 Å². The fraction of sp³-hybridized carbons (Fsp3) is 0.769. The molecule has 3 atom stereocenters. The van der Waals surface area contributed by atoms with Crippen molar-refractivity contribution >= 4 is 17.7 Å². The van der Waals surface area contributed by atoms with Gasteiger partial charge in [-0.1, -0.05) is 6.92 Å². The highest BCUT2D eigenvalue weighted by Crippen LogP contribution is 2.34.